The highest BCUT2D eigenvalue weighted by Crippen LogP contribution is 2.42. The lowest BCUT2D eigenvalue weighted by Gasteiger charge is -2.29. The van der Waals surface area contributed by atoms with Crippen LogP contribution in [0, 0.1) is 0 Å². The number of hydrogen-bond donors (Lipinski definition) is 0. The van der Waals surface area contributed by atoms with Gasteiger partial charge in [-0.15, -0.1) is 0 Å². The van der Waals surface area contributed by atoms with Gasteiger partial charge in [0.05, 0.1) is 22.1 Å². The molecule has 0 atom stereocenters. The zero-order chi connectivity index (χ0) is 42.4. The molecule has 2 aromatic heterocycles. The number of nitrogens with zero attached hydrogens (tertiary/aromatic N) is 4. The molecule has 10 aromatic carbocycles. The van der Waals surface area contributed by atoms with Crippen molar-refractivity contribution in [2.45, 2.75) is 0 Å². The Morgan fingerprint density at radius 2 is 0.500 bits per heavy atom. The standard InChI is InChI=1S/C60H42N4/c1-3-16-45(17-4-1)61(47-34-30-43(31-35-47)44-32-36-49(37-33-44)63-57-26-11-7-22-53(57)54-23-8-12-27-58(54)63)51-20-15-21-52(42-51)62(46-18-5-2-6-19-46)48-38-40-50(41-39-48)64-59-28-13-9-24-55(59)56-25-10-14-29-60(56)64/h1-42H. The van der Waals surface area contributed by atoms with Crippen molar-refractivity contribution < 1.29 is 0 Å². The Kier molecular flexibility index (Phi) is 9.12. The number of rotatable bonds is 9. The second-order valence-electron chi connectivity index (χ2n) is 16.2. The van der Waals surface area contributed by atoms with Gasteiger partial charge in [0, 0.05) is 67.0 Å². The minimum atomic E-state index is 1.06. The third-order valence-electron chi connectivity index (χ3n) is 12.5. The molecule has 12 rings (SSSR count). The molecule has 0 radical (unpaired) electrons. The van der Waals surface area contributed by atoms with Crippen LogP contribution in [0.25, 0.3) is 66.1 Å². The highest BCUT2D eigenvalue weighted by atomic mass is 15.2. The van der Waals surface area contributed by atoms with Crippen LogP contribution in [-0.4, -0.2) is 9.13 Å². The number of anilines is 6. The monoisotopic (exact) mass is 818 g/mol. The van der Waals surface area contributed by atoms with Gasteiger partial charge in [-0.2, -0.15) is 0 Å². The lowest BCUT2D eigenvalue weighted by molar-refractivity contribution is 1.17. The average molecular weight is 819 g/mol. The summed E-state index contributed by atoms with van der Waals surface area (Å²) in [6.45, 7) is 0. The van der Waals surface area contributed by atoms with E-state index in [0.29, 0.717) is 0 Å². The number of benzene rings is 10. The Morgan fingerprint density at radius 1 is 0.219 bits per heavy atom. The van der Waals surface area contributed by atoms with E-state index < -0.39 is 0 Å². The van der Waals surface area contributed by atoms with Crippen LogP contribution in [0.4, 0.5) is 34.1 Å². The van der Waals surface area contributed by atoms with Crippen molar-refractivity contribution in [3.05, 3.63) is 255 Å². The summed E-state index contributed by atoms with van der Waals surface area (Å²) in [7, 11) is 0. The maximum absolute atomic E-state index is 2.37. The van der Waals surface area contributed by atoms with Gasteiger partial charge in [-0.25, -0.2) is 0 Å². The summed E-state index contributed by atoms with van der Waals surface area (Å²) in [4.78, 5) is 4.68. The Bertz CT molecular complexity index is 3480. The van der Waals surface area contributed by atoms with E-state index in [9.17, 15) is 0 Å². The van der Waals surface area contributed by atoms with Crippen LogP contribution in [0.3, 0.4) is 0 Å². The lowest BCUT2D eigenvalue weighted by atomic mass is 10.0. The van der Waals surface area contributed by atoms with Gasteiger partial charge in [0.2, 0.25) is 0 Å². The summed E-state index contributed by atoms with van der Waals surface area (Å²) in [5.41, 5.74) is 15.9. The lowest BCUT2D eigenvalue weighted by Crippen LogP contribution is -2.13. The predicted molar refractivity (Wildman–Crippen MR) is 270 cm³/mol. The minimum Gasteiger partial charge on any atom is -0.310 e. The minimum absolute atomic E-state index is 1.06. The molecule has 64 heavy (non-hydrogen) atoms. The summed E-state index contributed by atoms with van der Waals surface area (Å²) in [5.74, 6) is 0. The second-order valence-corrected chi connectivity index (χ2v) is 16.2. The van der Waals surface area contributed by atoms with Crippen LogP contribution in [-0.2, 0) is 0 Å². The van der Waals surface area contributed by atoms with Gasteiger partial charge < -0.3 is 18.9 Å². The van der Waals surface area contributed by atoms with Gasteiger partial charge >= 0.3 is 0 Å². The molecule has 0 saturated heterocycles. The summed E-state index contributed by atoms with van der Waals surface area (Å²) in [6.07, 6.45) is 0. The molecule has 0 unspecified atom stereocenters. The fourth-order valence-corrected chi connectivity index (χ4v) is 9.58. The van der Waals surface area contributed by atoms with E-state index in [1.54, 1.807) is 0 Å². The smallest absolute Gasteiger partial charge is 0.0541 e. The fraction of sp³-hybridized carbons (Fsp3) is 0. The Hall–Kier alpha value is -8.60. The van der Waals surface area contributed by atoms with Gasteiger partial charge in [-0.3, -0.25) is 0 Å². The highest BCUT2D eigenvalue weighted by molar-refractivity contribution is 6.10. The molecule has 0 fully saturated rings. The number of aromatic nitrogens is 2. The van der Waals surface area contributed by atoms with Crippen LogP contribution in [0.1, 0.15) is 0 Å². The molecular weight excluding hydrogens is 777 g/mol. The predicted octanol–water partition coefficient (Wildman–Crippen LogP) is 16.5. The van der Waals surface area contributed by atoms with Crippen molar-refractivity contribution in [1.29, 1.82) is 0 Å². The second kappa shape index (κ2) is 15.7. The molecule has 0 aliphatic carbocycles. The summed E-state index contributed by atoms with van der Waals surface area (Å²) in [5, 5.41) is 5.05. The van der Waals surface area contributed by atoms with Crippen molar-refractivity contribution in [2.75, 3.05) is 9.80 Å². The Balaban J connectivity index is 0.893. The first-order chi connectivity index (χ1) is 31.8. The Labute approximate surface area is 372 Å². The number of hydrogen-bond acceptors (Lipinski definition) is 2. The van der Waals surface area contributed by atoms with E-state index in [1.807, 2.05) is 0 Å². The van der Waals surface area contributed by atoms with E-state index in [1.165, 1.54) is 54.7 Å². The van der Waals surface area contributed by atoms with E-state index in [-0.39, 0.29) is 0 Å². The van der Waals surface area contributed by atoms with E-state index >= 15 is 0 Å². The molecular formula is C60H42N4. The van der Waals surface area contributed by atoms with Crippen molar-refractivity contribution in [2.24, 2.45) is 0 Å². The molecule has 0 saturated carbocycles. The molecule has 0 N–H and O–H groups in total. The first-order valence-corrected chi connectivity index (χ1v) is 21.8. The van der Waals surface area contributed by atoms with Crippen LogP contribution in [0.5, 0.6) is 0 Å². The molecule has 0 spiro atoms. The largest absolute Gasteiger partial charge is 0.310 e. The van der Waals surface area contributed by atoms with Gasteiger partial charge in [-0.1, -0.05) is 140 Å². The zero-order valence-electron chi connectivity index (χ0n) is 35.0. The molecule has 0 aliphatic heterocycles. The van der Waals surface area contributed by atoms with Gasteiger partial charge in [-0.05, 0) is 126 Å². The summed E-state index contributed by atoms with van der Waals surface area (Å²) < 4.78 is 4.73. The van der Waals surface area contributed by atoms with Gasteiger partial charge in [0.15, 0.2) is 0 Å². The van der Waals surface area contributed by atoms with E-state index in [2.05, 4.69) is 274 Å². The maximum atomic E-state index is 2.37. The van der Waals surface area contributed by atoms with Crippen LogP contribution in [0.2, 0.25) is 0 Å². The fourth-order valence-electron chi connectivity index (χ4n) is 9.58. The molecule has 0 amide bonds. The topological polar surface area (TPSA) is 16.3 Å². The Morgan fingerprint density at radius 3 is 0.891 bits per heavy atom. The third-order valence-corrected chi connectivity index (χ3v) is 12.5. The molecule has 12 aromatic rings. The van der Waals surface area contributed by atoms with Crippen molar-refractivity contribution in [3.63, 3.8) is 0 Å². The van der Waals surface area contributed by atoms with Crippen molar-refractivity contribution in [1.82, 2.24) is 9.13 Å². The van der Waals surface area contributed by atoms with Crippen molar-refractivity contribution >= 4 is 77.7 Å². The van der Waals surface area contributed by atoms with Crippen LogP contribution in [0.15, 0.2) is 255 Å². The van der Waals surface area contributed by atoms with Gasteiger partial charge in [0.1, 0.15) is 0 Å². The number of fused-ring (bicyclic) bond motifs is 6. The SMILES string of the molecule is c1ccc(N(c2ccc(-c3ccc(-n4c5ccccc5c5ccccc54)cc3)cc2)c2cccc(N(c3ccccc3)c3ccc(-n4c5ccccc5c5ccccc54)cc3)c2)cc1. The van der Waals surface area contributed by atoms with Crippen molar-refractivity contribution in [3.8, 4) is 22.5 Å². The van der Waals surface area contributed by atoms with E-state index in [0.717, 1.165) is 45.5 Å². The first-order valence-electron chi connectivity index (χ1n) is 21.8. The first kappa shape index (κ1) is 37.2. The summed E-state index contributed by atoms with van der Waals surface area (Å²) in [6, 6.07) is 91.6. The molecule has 0 bridgehead atoms. The normalized spacial score (nSPS) is 11.4. The van der Waals surface area contributed by atoms with E-state index in [4.69, 9.17) is 0 Å². The quantitative estimate of drug-likeness (QED) is 0.144. The molecule has 2 heterocycles. The third kappa shape index (κ3) is 6.40. The molecule has 0 aliphatic rings. The number of para-hydroxylation sites is 6. The van der Waals surface area contributed by atoms with Crippen LogP contribution < -0.4 is 9.80 Å². The van der Waals surface area contributed by atoms with Crippen LogP contribution >= 0.6 is 0 Å². The molecule has 302 valence electrons. The summed E-state index contributed by atoms with van der Waals surface area (Å²) >= 11 is 0. The zero-order valence-corrected chi connectivity index (χ0v) is 35.0. The molecule has 4 nitrogen and oxygen atoms in total. The van der Waals surface area contributed by atoms with Gasteiger partial charge in [0.25, 0.3) is 0 Å². The highest BCUT2D eigenvalue weighted by Gasteiger charge is 2.19. The average Bonchev–Trinajstić information content (AvgIpc) is 3.89. The maximum Gasteiger partial charge on any atom is 0.0541 e. The molecule has 4 heteroatoms.